The van der Waals surface area contributed by atoms with E-state index in [1.165, 1.54) is 57.8 Å². The van der Waals surface area contributed by atoms with Gasteiger partial charge in [-0.2, -0.15) is 0 Å². The molecule has 0 spiro atoms. The van der Waals surface area contributed by atoms with Crippen molar-refractivity contribution in [1.82, 2.24) is 0 Å². The average molecular weight is 397 g/mol. The van der Waals surface area contributed by atoms with Gasteiger partial charge in [-0.15, -0.1) is 0 Å². The summed E-state index contributed by atoms with van der Waals surface area (Å²) in [6.07, 6.45) is 12.1. The Morgan fingerprint density at radius 2 is 1.41 bits per heavy atom. The molecule has 2 aliphatic rings. The molecule has 1 aromatic carbocycles. The molecule has 2 fully saturated rings. The van der Waals surface area contributed by atoms with Crippen LogP contribution < -0.4 is 9.47 Å². The lowest BCUT2D eigenvalue weighted by Crippen LogP contribution is -2.27. The molecule has 0 amide bonds. The van der Waals surface area contributed by atoms with Crippen LogP contribution in [-0.2, 0) is 0 Å². The van der Waals surface area contributed by atoms with Gasteiger partial charge in [0.05, 0.1) is 13.2 Å². The Bertz CT molecular complexity index is 590. The van der Waals surface area contributed by atoms with Crippen LogP contribution in [0.3, 0.4) is 0 Å². The van der Waals surface area contributed by atoms with Crippen molar-refractivity contribution in [2.45, 2.75) is 71.6 Å². The van der Waals surface area contributed by atoms with Crippen LogP contribution in [0, 0.1) is 29.5 Å². The number of ether oxygens (including phenoxy) is 2. The van der Waals surface area contributed by atoms with Crippen LogP contribution in [0.25, 0.3) is 0 Å². The van der Waals surface area contributed by atoms with Gasteiger partial charge in [-0.1, -0.05) is 37.8 Å². The van der Waals surface area contributed by atoms with Gasteiger partial charge in [-0.25, -0.2) is 4.39 Å². The van der Waals surface area contributed by atoms with Crippen LogP contribution in [0.1, 0.15) is 71.6 Å². The molecule has 2 nitrogen and oxygen atoms in total. The molecule has 0 saturated heterocycles. The van der Waals surface area contributed by atoms with E-state index in [9.17, 15) is 4.39 Å². The standard InChI is InChI=1S/C23H34ClFO2/c1-3-16-5-9-18(10-6-16)19-11-7-17(8-12-19)15-27-21-14-13-20(26-4-2)22(24)23(21)25/h13-14,16-19H,3-12,15H2,1-2H3. The Morgan fingerprint density at radius 3 is 1.96 bits per heavy atom. The van der Waals surface area contributed by atoms with Gasteiger partial charge in [0.25, 0.3) is 0 Å². The molecule has 152 valence electrons. The van der Waals surface area contributed by atoms with Gasteiger partial charge in [0.2, 0.25) is 0 Å². The second-order valence-electron chi connectivity index (χ2n) is 8.40. The maximum atomic E-state index is 14.4. The van der Waals surface area contributed by atoms with Crippen molar-refractivity contribution in [3.8, 4) is 11.5 Å². The van der Waals surface area contributed by atoms with Crippen molar-refractivity contribution in [3.05, 3.63) is 23.0 Å². The lowest BCUT2D eigenvalue weighted by atomic mass is 9.69. The van der Waals surface area contributed by atoms with Crippen molar-refractivity contribution >= 4 is 11.6 Å². The maximum absolute atomic E-state index is 14.4. The molecule has 27 heavy (non-hydrogen) atoms. The molecule has 3 rings (SSSR count). The van der Waals surface area contributed by atoms with E-state index in [0.717, 1.165) is 17.8 Å². The SMILES string of the molecule is CCOc1ccc(OCC2CCC(C3CCC(CC)CC3)CC2)c(F)c1Cl. The molecule has 0 bridgehead atoms. The monoisotopic (exact) mass is 396 g/mol. The lowest BCUT2D eigenvalue weighted by Gasteiger charge is -2.37. The third-order valence-electron chi connectivity index (χ3n) is 6.81. The van der Waals surface area contributed by atoms with Crippen LogP contribution in [0.4, 0.5) is 4.39 Å². The first-order valence-corrected chi connectivity index (χ1v) is 11.2. The summed E-state index contributed by atoms with van der Waals surface area (Å²) in [6, 6.07) is 3.32. The van der Waals surface area contributed by atoms with Gasteiger partial charge in [0.1, 0.15) is 10.8 Å². The highest BCUT2D eigenvalue weighted by Gasteiger charge is 2.30. The predicted molar refractivity (Wildman–Crippen MR) is 109 cm³/mol. The van der Waals surface area contributed by atoms with E-state index in [4.69, 9.17) is 21.1 Å². The second-order valence-corrected chi connectivity index (χ2v) is 8.78. The highest BCUT2D eigenvalue weighted by Crippen LogP contribution is 2.42. The third-order valence-corrected chi connectivity index (χ3v) is 7.16. The van der Waals surface area contributed by atoms with E-state index in [1.807, 2.05) is 6.92 Å². The zero-order valence-electron chi connectivity index (χ0n) is 16.8. The zero-order valence-corrected chi connectivity index (χ0v) is 17.6. The Balaban J connectivity index is 1.44. The maximum Gasteiger partial charge on any atom is 0.187 e. The fourth-order valence-corrected chi connectivity index (χ4v) is 5.20. The summed E-state index contributed by atoms with van der Waals surface area (Å²) in [5.74, 6) is 3.45. The number of rotatable bonds is 7. The highest BCUT2D eigenvalue weighted by molar-refractivity contribution is 6.32. The summed E-state index contributed by atoms with van der Waals surface area (Å²) >= 11 is 6.04. The molecule has 0 radical (unpaired) electrons. The summed E-state index contributed by atoms with van der Waals surface area (Å²) in [7, 11) is 0. The summed E-state index contributed by atoms with van der Waals surface area (Å²) < 4.78 is 25.5. The van der Waals surface area contributed by atoms with Crippen molar-refractivity contribution in [2.24, 2.45) is 23.7 Å². The van der Waals surface area contributed by atoms with Crippen molar-refractivity contribution < 1.29 is 13.9 Å². The van der Waals surface area contributed by atoms with E-state index >= 15 is 0 Å². The fourth-order valence-electron chi connectivity index (χ4n) is 4.99. The predicted octanol–water partition coefficient (Wildman–Crippen LogP) is 7.28. The van der Waals surface area contributed by atoms with Gasteiger partial charge in [0.15, 0.2) is 11.6 Å². The first kappa shape index (κ1) is 20.8. The largest absolute Gasteiger partial charge is 0.492 e. The molecular formula is C23H34ClFO2. The number of hydrogen-bond acceptors (Lipinski definition) is 2. The van der Waals surface area contributed by atoms with Crippen molar-refractivity contribution in [3.63, 3.8) is 0 Å². The molecular weight excluding hydrogens is 363 g/mol. The van der Waals surface area contributed by atoms with E-state index in [0.29, 0.717) is 24.9 Å². The quantitative estimate of drug-likeness (QED) is 0.482. The molecule has 2 aliphatic carbocycles. The molecule has 2 saturated carbocycles. The smallest absolute Gasteiger partial charge is 0.187 e. The summed E-state index contributed by atoms with van der Waals surface area (Å²) in [6.45, 7) is 5.22. The number of benzene rings is 1. The molecule has 0 aromatic heterocycles. The molecule has 0 N–H and O–H groups in total. The Morgan fingerprint density at radius 1 is 0.852 bits per heavy atom. The third kappa shape index (κ3) is 5.31. The Hall–Kier alpha value is -0.960. The van der Waals surface area contributed by atoms with Gasteiger partial charge >= 0.3 is 0 Å². The minimum absolute atomic E-state index is 0.0146. The molecule has 4 heteroatoms. The second kappa shape index (κ2) is 10.0. The average Bonchev–Trinajstić information content (AvgIpc) is 2.71. The van der Waals surface area contributed by atoms with E-state index < -0.39 is 5.82 Å². The molecule has 0 heterocycles. The number of halogens is 2. The van der Waals surface area contributed by atoms with Crippen molar-refractivity contribution in [1.29, 1.82) is 0 Å². The Labute approximate surface area is 168 Å². The normalized spacial score (nSPS) is 28.7. The molecule has 0 atom stereocenters. The van der Waals surface area contributed by atoms with E-state index in [-0.39, 0.29) is 10.8 Å². The Kier molecular flexibility index (Phi) is 7.69. The van der Waals surface area contributed by atoms with Crippen LogP contribution in [0.5, 0.6) is 11.5 Å². The lowest BCUT2D eigenvalue weighted by molar-refractivity contribution is 0.121. The van der Waals surface area contributed by atoms with Crippen molar-refractivity contribution in [2.75, 3.05) is 13.2 Å². The van der Waals surface area contributed by atoms with Crippen LogP contribution in [0.15, 0.2) is 12.1 Å². The number of hydrogen-bond donors (Lipinski definition) is 0. The first-order chi connectivity index (χ1) is 13.1. The minimum atomic E-state index is -0.510. The van der Waals surface area contributed by atoms with Gasteiger partial charge in [-0.05, 0) is 81.3 Å². The topological polar surface area (TPSA) is 18.5 Å². The minimum Gasteiger partial charge on any atom is -0.492 e. The zero-order chi connectivity index (χ0) is 19.2. The van der Waals surface area contributed by atoms with Gasteiger partial charge in [-0.3, -0.25) is 0 Å². The van der Waals surface area contributed by atoms with Gasteiger partial charge < -0.3 is 9.47 Å². The van der Waals surface area contributed by atoms with Gasteiger partial charge in [0, 0.05) is 0 Å². The summed E-state index contributed by atoms with van der Waals surface area (Å²) in [4.78, 5) is 0. The fraction of sp³-hybridized carbons (Fsp3) is 0.739. The molecule has 0 aliphatic heterocycles. The summed E-state index contributed by atoms with van der Waals surface area (Å²) in [5.41, 5.74) is 0. The summed E-state index contributed by atoms with van der Waals surface area (Å²) in [5, 5.41) is 0.0146. The first-order valence-electron chi connectivity index (χ1n) is 10.9. The van der Waals surface area contributed by atoms with E-state index in [2.05, 4.69) is 6.92 Å². The van der Waals surface area contributed by atoms with E-state index in [1.54, 1.807) is 12.1 Å². The van der Waals surface area contributed by atoms with Crippen LogP contribution >= 0.6 is 11.6 Å². The molecule has 1 aromatic rings. The molecule has 0 unspecified atom stereocenters. The van der Waals surface area contributed by atoms with Crippen LogP contribution in [0.2, 0.25) is 5.02 Å². The highest BCUT2D eigenvalue weighted by atomic mass is 35.5. The van der Waals surface area contributed by atoms with Crippen LogP contribution in [-0.4, -0.2) is 13.2 Å².